The molecule has 1 aliphatic rings. The van der Waals surface area contributed by atoms with E-state index in [1.54, 1.807) is 11.4 Å². The van der Waals surface area contributed by atoms with E-state index < -0.39 is 5.97 Å². The predicted octanol–water partition coefficient (Wildman–Crippen LogP) is 3.71. The standard InChI is InChI=1S/C16H21NO3S/c1-9(2)8-11-12(16(11,3)4)13(18)17-14-10(6-7-21-14)15(19)20-5/h6-8,11-12H,1-5H3,(H,17,18)/t11-,12-/m1/s1. The van der Waals surface area contributed by atoms with Gasteiger partial charge in [0.1, 0.15) is 5.00 Å². The number of rotatable bonds is 4. The van der Waals surface area contributed by atoms with Crippen LogP contribution in [0.5, 0.6) is 0 Å². The Morgan fingerprint density at radius 2 is 2.05 bits per heavy atom. The first-order chi connectivity index (χ1) is 9.78. The molecule has 21 heavy (non-hydrogen) atoms. The average Bonchev–Trinajstić information content (AvgIpc) is 2.76. The van der Waals surface area contributed by atoms with E-state index in [0.29, 0.717) is 10.6 Å². The molecule has 2 rings (SSSR count). The molecule has 1 aliphatic carbocycles. The number of methoxy groups -OCH3 is 1. The highest BCUT2D eigenvalue weighted by Gasteiger charge is 2.60. The van der Waals surface area contributed by atoms with E-state index >= 15 is 0 Å². The fourth-order valence-corrected chi connectivity index (χ4v) is 3.49. The summed E-state index contributed by atoms with van der Waals surface area (Å²) in [6.45, 7) is 8.27. The minimum absolute atomic E-state index is 0.0323. The Balaban J connectivity index is 2.12. The summed E-state index contributed by atoms with van der Waals surface area (Å²) in [6.07, 6.45) is 2.15. The number of ether oxygens (including phenoxy) is 1. The van der Waals surface area contributed by atoms with Crippen molar-refractivity contribution in [1.82, 2.24) is 0 Å². The second-order valence-corrected chi connectivity index (χ2v) is 7.13. The van der Waals surface area contributed by atoms with Gasteiger partial charge in [-0.1, -0.05) is 25.5 Å². The predicted molar refractivity (Wildman–Crippen MR) is 84.5 cm³/mol. The van der Waals surface area contributed by atoms with Gasteiger partial charge >= 0.3 is 5.97 Å². The summed E-state index contributed by atoms with van der Waals surface area (Å²) >= 11 is 1.33. The van der Waals surface area contributed by atoms with Crippen LogP contribution < -0.4 is 5.32 Å². The van der Waals surface area contributed by atoms with Crippen LogP contribution >= 0.6 is 11.3 Å². The third-order valence-corrected chi connectivity index (χ3v) is 4.84. The number of allylic oxidation sites excluding steroid dienone is 2. The van der Waals surface area contributed by atoms with Crippen LogP contribution in [0, 0.1) is 17.3 Å². The molecule has 1 N–H and O–H groups in total. The zero-order valence-electron chi connectivity index (χ0n) is 13.0. The van der Waals surface area contributed by atoms with E-state index in [9.17, 15) is 9.59 Å². The van der Waals surface area contributed by atoms with Crippen LogP contribution in [-0.4, -0.2) is 19.0 Å². The molecule has 0 bridgehead atoms. The SMILES string of the molecule is COC(=O)c1ccsc1NC(=O)[C@H]1[C@@H](C=C(C)C)C1(C)C. The molecule has 0 radical (unpaired) electrons. The number of carbonyl (C=O) groups excluding carboxylic acids is 2. The first-order valence-corrected chi connectivity index (χ1v) is 7.78. The maximum Gasteiger partial charge on any atom is 0.340 e. The summed E-state index contributed by atoms with van der Waals surface area (Å²) in [5, 5.41) is 5.21. The second-order valence-electron chi connectivity index (χ2n) is 6.21. The van der Waals surface area contributed by atoms with Crippen LogP contribution in [0.4, 0.5) is 5.00 Å². The van der Waals surface area contributed by atoms with E-state index in [1.165, 1.54) is 24.0 Å². The Morgan fingerprint density at radius 3 is 2.62 bits per heavy atom. The molecule has 0 spiro atoms. The lowest BCUT2D eigenvalue weighted by molar-refractivity contribution is -0.118. The van der Waals surface area contributed by atoms with Crippen molar-refractivity contribution in [2.75, 3.05) is 12.4 Å². The number of carbonyl (C=O) groups is 2. The van der Waals surface area contributed by atoms with Gasteiger partial charge in [0.15, 0.2) is 0 Å². The first kappa shape index (κ1) is 15.8. The molecule has 1 heterocycles. The van der Waals surface area contributed by atoms with Crippen LogP contribution in [0.3, 0.4) is 0 Å². The second kappa shape index (κ2) is 5.64. The van der Waals surface area contributed by atoms with Gasteiger partial charge < -0.3 is 10.1 Å². The molecule has 0 saturated heterocycles. The van der Waals surface area contributed by atoms with Gasteiger partial charge in [-0.3, -0.25) is 4.79 Å². The molecule has 1 fully saturated rings. The van der Waals surface area contributed by atoms with Crippen LogP contribution in [-0.2, 0) is 9.53 Å². The monoisotopic (exact) mass is 307 g/mol. The Morgan fingerprint density at radius 1 is 1.38 bits per heavy atom. The summed E-state index contributed by atoms with van der Waals surface area (Å²) in [5.74, 6) is -0.262. The number of nitrogens with one attached hydrogen (secondary N) is 1. The van der Waals surface area contributed by atoms with Crippen LogP contribution in [0.15, 0.2) is 23.1 Å². The van der Waals surface area contributed by atoms with Crippen molar-refractivity contribution in [3.8, 4) is 0 Å². The summed E-state index contributed by atoms with van der Waals surface area (Å²) in [4.78, 5) is 24.1. The van der Waals surface area contributed by atoms with Gasteiger partial charge in [0, 0.05) is 0 Å². The molecule has 1 aromatic heterocycles. The number of thiophene rings is 1. The Hall–Kier alpha value is -1.62. The largest absolute Gasteiger partial charge is 0.465 e. The maximum atomic E-state index is 12.5. The molecule has 2 atom stereocenters. The van der Waals surface area contributed by atoms with E-state index in [0.717, 1.165) is 0 Å². The van der Waals surface area contributed by atoms with Crippen molar-refractivity contribution >= 4 is 28.2 Å². The Labute approximate surface area is 129 Å². The average molecular weight is 307 g/mol. The van der Waals surface area contributed by atoms with Crippen molar-refractivity contribution in [2.24, 2.45) is 17.3 Å². The molecule has 5 heteroatoms. The topological polar surface area (TPSA) is 55.4 Å². The smallest absolute Gasteiger partial charge is 0.340 e. The highest BCUT2D eigenvalue weighted by Crippen LogP contribution is 2.59. The van der Waals surface area contributed by atoms with E-state index in [2.05, 4.69) is 25.2 Å². The molecule has 0 aliphatic heterocycles. The van der Waals surface area contributed by atoms with Gasteiger partial charge in [-0.25, -0.2) is 4.79 Å². The van der Waals surface area contributed by atoms with Gasteiger partial charge in [0.05, 0.1) is 18.6 Å². The molecule has 114 valence electrons. The summed E-state index contributed by atoms with van der Waals surface area (Å²) in [7, 11) is 1.33. The van der Waals surface area contributed by atoms with Crippen molar-refractivity contribution in [1.29, 1.82) is 0 Å². The van der Waals surface area contributed by atoms with Gasteiger partial charge in [-0.15, -0.1) is 11.3 Å². The quantitative estimate of drug-likeness (QED) is 0.681. The molecule has 0 unspecified atom stereocenters. The highest BCUT2D eigenvalue weighted by molar-refractivity contribution is 7.14. The van der Waals surface area contributed by atoms with Crippen molar-refractivity contribution < 1.29 is 14.3 Å². The van der Waals surface area contributed by atoms with E-state index in [-0.39, 0.29) is 23.2 Å². The summed E-state index contributed by atoms with van der Waals surface area (Å²) in [5.41, 5.74) is 1.59. The fraction of sp³-hybridized carbons (Fsp3) is 0.500. The number of amides is 1. The van der Waals surface area contributed by atoms with Gasteiger partial charge in [0.2, 0.25) is 5.91 Å². The van der Waals surface area contributed by atoms with Crippen molar-refractivity contribution in [3.63, 3.8) is 0 Å². The van der Waals surface area contributed by atoms with Crippen LogP contribution in [0.25, 0.3) is 0 Å². The van der Waals surface area contributed by atoms with Crippen molar-refractivity contribution in [2.45, 2.75) is 27.7 Å². The van der Waals surface area contributed by atoms with E-state index in [1.807, 2.05) is 13.8 Å². The van der Waals surface area contributed by atoms with Crippen LogP contribution in [0.1, 0.15) is 38.1 Å². The first-order valence-electron chi connectivity index (χ1n) is 6.90. The summed E-state index contributed by atoms with van der Waals surface area (Å²) in [6, 6.07) is 1.66. The molecule has 1 amide bonds. The maximum absolute atomic E-state index is 12.5. The zero-order valence-corrected chi connectivity index (χ0v) is 13.8. The zero-order chi connectivity index (χ0) is 15.8. The minimum atomic E-state index is -0.428. The molecule has 1 saturated carbocycles. The number of hydrogen-bond acceptors (Lipinski definition) is 4. The fourth-order valence-electron chi connectivity index (χ4n) is 2.72. The lowest BCUT2D eigenvalue weighted by Crippen LogP contribution is -2.18. The van der Waals surface area contributed by atoms with Crippen LogP contribution in [0.2, 0.25) is 0 Å². The number of esters is 1. The van der Waals surface area contributed by atoms with Gasteiger partial charge in [-0.2, -0.15) is 0 Å². The van der Waals surface area contributed by atoms with E-state index in [4.69, 9.17) is 4.74 Å². The minimum Gasteiger partial charge on any atom is -0.465 e. The van der Waals surface area contributed by atoms with Gasteiger partial charge in [-0.05, 0) is 36.6 Å². The number of anilines is 1. The molecular formula is C16H21NO3S. The lowest BCUT2D eigenvalue weighted by atomic mass is 10.1. The normalized spacial score (nSPS) is 22.3. The van der Waals surface area contributed by atoms with Gasteiger partial charge in [0.25, 0.3) is 0 Å². The Bertz CT molecular complexity index is 596. The third kappa shape index (κ3) is 3.02. The van der Waals surface area contributed by atoms with Crippen molar-refractivity contribution in [3.05, 3.63) is 28.7 Å². The third-order valence-electron chi connectivity index (χ3n) is 4.01. The molecule has 1 aromatic rings. The molecular weight excluding hydrogens is 286 g/mol. The lowest BCUT2D eigenvalue weighted by Gasteiger charge is -2.06. The number of hydrogen-bond donors (Lipinski definition) is 1. The molecule has 0 aromatic carbocycles. The highest BCUT2D eigenvalue weighted by atomic mass is 32.1. The molecule has 4 nitrogen and oxygen atoms in total. The summed E-state index contributed by atoms with van der Waals surface area (Å²) < 4.78 is 4.71. The Kier molecular flexibility index (Phi) is 4.23.